The molecule has 3 nitrogen and oxygen atoms in total. The number of aliphatic hydroxyl groups excluding tert-OH is 1. The van der Waals surface area contributed by atoms with Crippen LogP contribution < -0.4 is 5.32 Å². The lowest BCUT2D eigenvalue weighted by Crippen LogP contribution is -2.34. The van der Waals surface area contributed by atoms with Gasteiger partial charge in [0.2, 0.25) is 5.91 Å². The van der Waals surface area contributed by atoms with Gasteiger partial charge < -0.3 is 10.4 Å². The van der Waals surface area contributed by atoms with Crippen LogP contribution in [-0.2, 0) is 4.79 Å². The molecule has 0 bridgehead atoms. The molecule has 2 aromatic carbocycles. The Balaban J connectivity index is 1.67. The van der Waals surface area contributed by atoms with Crippen molar-refractivity contribution < 1.29 is 9.90 Å². The van der Waals surface area contributed by atoms with E-state index in [9.17, 15) is 9.90 Å². The quantitative estimate of drug-likeness (QED) is 0.850. The number of amides is 1. The Labute approximate surface area is 130 Å². The number of hydrogen-bond donors (Lipinski definition) is 2. The van der Waals surface area contributed by atoms with Crippen molar-refractivity contribution in [2.24, 2.45) is 5.92 Å². The molecular formula is C19H21NO2. The van der Waals surface area contributed by atoms with Gasteiger partial charge in [-0.2, -0.15) is 0 Å². The third-order valence-electron chi connectivity index (χ3n) is 4.29. The number of fused-ring (bicyclic) bond motifs is 1. The number of carbonyl (C=O) groups excluding carboxylic acids is 1. The number of aliphatic hydroxyl groups is 1. The van der Waals surface area contributed by atoms with E-state index < -0.39 is 6.10 Å². The smallest absolute Gasteiger partial charge is 0.223 e. The summed E-state index contributed by atoms with van der Waals surface area (Å²) in [5.74, 6) is 0.0911. The monoisotopic (exact) mass is 295 g/mol. The highest BCUT2D eigenvalue weighted by Gasteiger charge is 2.20. The highest BCUT2D eigenvalue weighted by Crippen LogP contribution is 2.24. The highest BCUT2D eigenvalue weighted by atomic mass is 16.3. The van der Waals surface area contributed by atoms with Gasteiger partial charge in [0.05, 0.1) is 6.10 Å². The molecule has 0 spiro atoms. The molecule has 1 amide bonds. The van der Waals surface area contributed by atoms with Crippen molar-refractivity contribution in [1.82, 2.24) is 5.32 Å². The summed E-state index contributed by atoms with van der Waals surface area (Å²) in [4.78, 5) is 12.1. The van der Waals surface area contributed by atoms with Gasteiger partial charge >= 0.3 is 0 Å². The average molecular weight is 295 g/mol. The average Bonchev–Trinajstić information content (AvgIpc) is 2.59. The lowest BCUT2D eigenvalue weighted by atomic mass is 9.93. The van der Waals surface area contributed by atoms with E-state index >= 15 is 0 Å². The second-order valence-electron chi connectivity index (χ2n) is 5.81. The van der Waals surface area contributed by atoms with Crippen LogP contribution in [0.2, 0.25) is 0 Å². The number of carbonyl (C=O) groups is 1. The summed E-state index contributed by atoms with van der Waals surface area (Å²) in [5.41, 5.74) is 0.863. The first kappa shape index (κ1) is 14.8. The second-order valence-corrected chi connectivity index (χ2v) is 5.81. The molecule has 0 fully saturated rings. The van der Waals surface area contributed by atoms with Gasteiger partial charge in [-0.15, -0.1) is 0 Å². The summed E-state index contributed by atoms with van der Waals surface area (Å²) in [6, 6.07) is 13.9. The third-order valence-corrected chi connectivity index (χ3v) is 4.29. The van der Waals surface area contributed by atoms with Crippen molar-refractivity contribution in [3.8, 4) is 0 Å². The van der Waals surface area contributed by atoms with E-state index in [4.69, 9.17) is 0 Å². The van der Waals surface area contributed by atoms with E-state index in [1.54, 1.807) is 0 Å². The van der Waals surface area contributed by atoms with E-state index in [2.05, 4.69) is 17.5 Å². The zero-order valence-electron chi connectivity index (χ0n) is 12.5. The topological polar surface area (TPSA) is 49.3 Å². The van der Waals surface area contributed by atoms with E-state index in [-0.39, 0.29) is 18.4 Å². The van der Waals surface area contributed by atoms with Gasteiger partial charge in [0.1, 0.15) is 0 Å². The number of nitrogens with one attached hydrogen (secondary N) is 1. The van der Waals surface area contributed by atoms with Crippen LogP contribution in [0.15, 0.2) is 54.6 Å². The van der Waals surface area contributed by atoms with Gasteiger partial charge in [-0.05, 0) is 35.6 Å². The molecule has 2 N–H and O–H groups in total. The number of rotatable bonds is 4. The molecular weight excluding hydrogens is 274 g/mol. The first-order valence-corrected chi connectivity index (χ1v) is 7.84. The van der Waals surface area contributed by atoms with Crippen LogP contribution in [-0.4, -0.2) is 17.6 Å². The molecule has 1 aliphatic carbocycles. The zero-order chi connectivity index (χ0) is 15.4. The first-order chi connectivity index (χ1) is 10.8. The normalized spacial score (nSPS) is 19.0. The van der Waals surface area contributed by atoms with Crippen LogP contribution >= 0.6 is 0 Å². The fraction of sp³-hybridized carbons (Fsp3) is 0.316. The van der Waals surface area contributed by atoms with Crippen LogP contribution in [0, 0.1) is 5.92 Å². The molecule has 2 unspecified atom stereocenters. The molecule has 0 heterocycles. The number of hydrogen-bond acceptors (Lipinski definition) is 2. The Kier molecular flexibility index (Phi) is 4.54. The third kappa shape index (κ3) is 3.20. The lowest BCUT2D eigenvalue weighted by Gasteiger charge is -2.19. The van der Waals surface area contributed by atoms with Crippen LogP contribution in [0.1, 0.15) is 30.9 Å². The molecule has 0 aliphatic heterocycles. The molecule has 114 valence electrons. The minimum absolute atomic E-state index is 0.0450. The summed E-state index contributed by atoms with van der Waals surface area (Å²) in [5, 5.41) is 15.5. The zero-order valence-corrected chi connectivity index (χ0v) is 12.5. The highest BCUT2D eigenvalue weighted by molar-refractivity contribution is 5.86. The van der Waals surface area contributed by atoms with Crippen molar-refractivity contribution in [3.05, 3.63) is 60.2 Å². The van der Waals surface area contributed by atoms with Crippen molar-refractivity contribution in [1.29, 1.82) is 0 Å². The number of benzene rings is 2. The Morgan fingerprint density at radius 1 is 1.18 bits per heavy atom. The minimum Gasteiger partial charge on any atom is -0.387 e. The first-order valence-electron chi connectivity index (χ1n) is 7.84. The fourth-order valence-electron chi connectivity index (χ4n) is 3.02. The molecule has 1 aliphatic rings. The molecule has 2 atom stereocenters. The predicted octanol–water partition coefficient (Wildman–Crippen LogP) is 3.35. The van der Waals surface area contributed by atoms with E-state index in [0.717, 1.165) is 35.6 Å². The van der Waals surface area contributed by atoms with Gasteiger partial charge in [0.15, 0.2) is 0 Å². The molecule has 2 aromatic rings. The second kappa shape index (κ2) is 6.75. The fourth-order valence-corrected chi connectivity index (χ4v) is 3.02. The van der Waals surface area contributed by atoms with Gasteiger partial charge in [0, 0.05) is 12.5 Å². The Bertz CT molecular complexity index is 687. The van der Waals surface area contributed by atoms with E-state index in [0.29, 0.717) is 0 Å². The summed E-state index contributed by atoms with van der Waals surface area (Å²) < 4.78 is 0. The molecule has 3 heteroatoms. The molecule has 22 heavy (non-hydrogen) atoms. The maximum absolute atomic E-state index is 12.1. The van der Waals surface area contributed by atoms with E-state index in [1.165, 1.54) is 0 Å². The van der Waals surface area contributed by atoms with Gasteiger partial charge in [-0.25, -0.2) is 0 Å². The standard InChI is InChI=1S/C19H21NO2/c21-18(13-20-19(22)15-8-2-1-3-9-15)17-12-6-10-14-7-4-5-11-16(14)17/h1-2,4-7,10-12,15,18,21H,3,8-9,13H2,(H,20,22). The summed E-state index contributed by atoms with van der Waals surface area (Å²) in [6.45, 7) is 0.257. The lowest BCUT2D eigenvalue weighted by molar-refractivity contribution is -0.125. The summed E-state index contributed by atoms with van der Waals surface area (Å²) in [6.07, 6.45) is 6.16. The molecule has 3 rings (SSSR count). The summed E-state index contributed by atoms with van der Waals surface area (Å²) in [7, 11) is 0. The van der Waals surface area contributed by atoms with Crippen molar-refractivity contribution in [2.45, 2.75) is 25.4 Å². The SMILES string of the molecule is O=C(NCC(O)c1cccc2ccccc12)C1CC=CCC1. The van der Waals surface area contributed by atoms with Gasteiger partial charge in [0.25, 0.3) is 0 Å². The van der Waals surface area contributed by atoms with Crippen molar-refractivity contribution in [3.63, 3.8) is 0 Å². The molecule has 0 saturated heterocycles. The van der Waals surface area contributed by atoms with Gasteiger partial charge in [-0.3, -0.25) is 4.79 Å². The van der Waals surface area contributed by atoms with Gasteiger partial charge in [-0.1, -0.05) is 54.6 Å². The predicted molar refractivity (Wildman–Crippen MR) is 88.4 cm³/mol. The van der Waals surface area contributed by atoms with Crippen molar-refractivity contribution in [2.75, 3.05) is 6.54 Å². The molecule has 0 aromatic heterocycles. The van der Waals surface area contributed by atoms with E-state index in [1.807, 2.05) is 42.5 Å². The Morgan fingerprint density at radius 2 is 2.00 bits per heavy atom. The molecule has 0 saturated carbocycles. The summed E-state index contributed by atoms with van der Waals surface area (Å²) >= 11 is 0. The van der Waals surface area contributed by atoms with Crippen LogP contribution in [0.3, 0.4) is 0 Å². The maximum atomic E-state index is 12.1. The van der Waals surface area contributed by atoms with Crippen LogP contribution in [0.4, 0.5) is 0 Å². The molecule has 0 radical (unpaired) electrons. The van der Waals surface area contributed by atoms with Crippen LogP contribution in [0.5, 0.6) is 0 Å². The Hall–Kier alpha value is -2.13. The maximum Gasteiger partial charge on any atom is 0.223 e. The largest absolute Gasteiger partial charge is 0.387 e. The minimum atomic E-state index is -0.686. The Morgan fingerprint density at radius 3 is 2.82 bits per heavy atom. The number of allylic oxidation sites excluding steroid dienone is 2. The van der Waals surface area contributed by atoms with Crippen molar-refractivity contribution >= 4 is 16.7 Å². The van der Waals surface area contributed by atoms with Crippen LogP contribution in [0.25, 0.3) is 10.8 Å².